The molecule has 0 unspecified atom stereocenters. The van der Waals surface area contributed by atoms with Gasteiger partial charge < -0.3 is 4.90 Å². The summed E-state index contributed by atoms with van der Waals surface area (Å²) in [6.45, 7) is 0. The Kier molecular flexibility index (Phi) is 10.9. The van der Waals surface area contributed by atoms with Crippen molar-refractivity contribution >= 4 is 17.1 Å². The minimum Gasteiger partial charge on any atom is -0.310 e. The summed E-state index contributed by atoms with van der Waals surface area (Å²) in [7, 11) is 0. The summed E-state index contributed by atoms with van der Waals surface area (Å²) >= 11 is 0. The van der Waals surface area contributed by atoms with E-state index in [1.807, 2.05) is 0 Å². The van der Waals surface area contributed by atoms with Crippen LogP contribution in [0.5, 0.6) is 0 Å². The van der Waals surface area contributed by atoms with Gasteiger partial charge in [-0.3, -0.25) is 0 Å². The lowest BCUT2D eigenvalue weighted by Crippen LogP contribution is -2.12. The third-order valence-corrected chi connectivity index (χ3v) is 11.8. The Labute approximate surface area is 365 Å². The SMILES string of the molecule is c1ccc(Cc2cc(N(c3ccc(-c4ccccc4-c4ccc(-c5ccccc5)cc4)cc3)c3ccccc3-c3ccccc3)ccc2-c2ccccc2-c2ccccc2)cc1. The first-order chi connectivity index (χ1) is 30.8. The Morgan fingerprint density at radius 2 is 0.613 bits per heavy atom. The summed E-state index contributed by atoms with van der Waals surface area (Å²) in [6, 6.07) is 94.3. The minimum absolute atomic E-state index is 0.795. The van der Waals surface area contributed by atoms with Crippen molar-refractivity contribution in [2.24, 2.45) is 0 Å². The molecule has 0 aliphatic heterocycles. The van der Waals surface area contributed by atoms with Crippen LogP contribution in [0.3, 0.4) is 0 Å². The van der Waals surface area contributed by atoms with Gasteiger partial charge >= 0.3 is 0 Å². The third kappa shape index (κ3) is 8.00. The van der Waals surface area contributed by atoms with E-state index in [4.69, 9.17) is 0 Å². The second-order valence-electron chi connectivity index (χ2n) is 15.7. The van der Waals surface area contributed by atoms with Gasteiger partial charge in [-0.25, -0.2) is 0 Å². The zero-order chi connectivity index (χ0) is 41.5. The van der Waals surface area contributed by atoms with E-state index in [0.717, 1.165) is 23.5 Å². The first-order valence-electron chi connectivity index (χ1n) is 21.4. The molecule has 294 valence electrons. The summed E-state index contributed by atoms with van der Waals surface area (Å²) in [5.74, 6) is 0. The van der Waals surface area contributed by atoms with Gasteiger partial charge in [0.25, 0.3) is 0 Å². The highest BCUT2D eigenvalue weighted by atomic mass is 15.1. The van der Waals surface area contributed by atoms with Gasteiger partial charge in [-0.15, -0.1) is 0 Å². The van der Waals surface area contributed by atoms with Crippen molar-refractivity contribution in [1.82, 2.24) is 0 Å². The molecule has 1 nitrogen and oxygen atoms in total. The molecule has 0 saturated carbocycles. The lowest BCUT2D eigenvalue weighted by atomic mass is 9.89. The molecule has 0 aromatic heterocycles. The summed E-state index contributed by atoms with van der Waals surface area (Å²) in [5.41, 5.74) is 20.3. The first-order valence-corrected chi connectivity index (χ1v) is 21.4. The highest BCUT2D eigenvalue weighted by Gasteiger charge is 2.20. The van der Waals surface area contributed by atoms with Gasteiger partial charge in [0, 0.05) is 16.9 Å². The molecule has 0 atom stereocenters. The fourth-order valence-electron chi connectivity index (χ4n) is 8.74. The van der Waals surface area contributed by atoms with Crippen molar-refractivity contribution in [1.29, 1.82) is 0 Å². The molecule has 0 aliphatic rings. The van der Waals surface area contributed by atoms with Gasteiger partial charge in [0.2, 0.25) is 0 Å². The highest BCUT2D eigenvalue weighted by Crippen LogP contribution is 2.44. The standard InChI is InChI=1S/C61H45N/c1-5-19-45(20-6-1)43-52-44-54(41-42-58(52)60-31-16-15-29-57(60)48-23-9-3-10-24-48)62(61-32-18-17-30-59(61)49-25-11-4-12-26-49)53-39-37-51(38-40-53)56-28-14-13-27-55(56)50-35-33-47(34-36-50)46-21-7-2-8-22-46/h1-42,44H,43H2. The van der Waals surface area contributed by atoms with Crippen molar-refractivity contribution in [2.45, 2.75) is 6.42 Å². The molecule has 62 heavy (non-hydrogen) atoms. The first kappa shape index (κ1) is 38.2. The van der Waals surface area contributed by atoms with Crippen molar-refractivity contribution in [2.75, 3.05) is 4.90 Å². The predicted octanol–water partition coefficient (Wildman–Crippen LogP) is 16.7. The van der Waals surface area contributed by atoms with Crippen LogP contribution in [-0.2, 0) is 6.42 Å². The lowest BCUT2D eigenvalue weighted by molar-refractivity contribution is 1.18. The van der Waals surface area contributed by atoms with Crippen LogP contribution < -0.4 is 4.90 Å². The molecule has 0 saturated heterocycles. The van der Waals surface area contributed by atoms with E-state index in [0.29, 0.717) is 0 Å². The predicted molar refractivity (Wildman–Crippen MR) is 263 cm³/mol. The van der Waals surface area contributed by atoms with Crippen LogP contribution in [0.25, 0.3) is 66.8 Å². The number of nitrogens with zero attached hydrogens (tertiary/aromatic N) is 1. The largest absolute Gasteiger partial charge is 0.310 e. The fourth-order valence-corrected chi connectivity index (χ4v) is 8.74. The third-order valence-electron chi connectivity index (χ3n) is 11.8. The Balaban J connectivity index is 1.10. The van der Waals surface area contributed by atoms with Gasteiger partial charge in [-0.1, -0.05) is 231 Å². The summed E-state index contributed by atoms with van der Waals surface area (Å²) in [5, 5.41) is 0. The van der Waals surface area contributed by atoms with E-state index in [9.17, 15) is 0 Å². The van der Waals surface area contributed by atoms with E-state index in [2.05, 4.69) is 266 Å². The van der Waals surface area contributed by atoms with Crippen molar-refractivity contribution in [3.05, 3.63) is 272 Å². The summed E-state index contributed by atoms with van der Waals surface area (Å²) < 4.78 is 0. The van der Waals surface area contributed by atoms with Gasteiger partial charge in [-0.2, -0.15) is 0 Å². The normalized spacial score (nSPS) is 11.0. The molecule has 10 aromatic carbocycles. The van der Waals surface area contributed by atoms with E-state index in [-0.39, 0.29) is 0 Å². The Bertz CT molecular complexity index is 3050. The van der Waals surface area contributed by atoms with Crippen LogP contribution in [0.4, 0.5) is 17.1 Å². The van der Waals surface area contributed by atoms with Crippen molar-refractivity contribution < 1.29 is 0 Å². The van der Waals surface area contributed by atoms with Crippen LogP contribution in [0.1, 0.15) is 11.1 Å². The second kappa shape index (κ2) is 17.7. The molecule has 0 amide bonds. The van der Waals surface area contributed by atoms with Crippen LogP contribution in [0, 0.1) is 0 Å². The molecule has 0 aliphatic carbocycles. The fraction of sp³-hybridized carbons (Fsp3) is 0.0164. The molecular weight excluding hydrogens is 747 g/mol. The van der Waals surface area contributed by atoms with Crippen molar-refractivity contribution in [3.63, 3.8) is 0 Å². The Morgan fingerprint density at radius 1 is 0.242 bits per heavy atom. The van der Waals surface area contributed by atoms with E-state index in [1.54, 1.807) is 0 Å². The van der Waals surface area contributed by atoms with Crippen molar-refractivity contribution in [3.8, 4) is 66.8 Å². The topological polar surface area (TPSA) is 3.24 Å². The van der Waals surface area contributed by atoms with Gasteiger partial charge in [0.15, 0.2) is 0 Å². The number of para-hydroxylation sites is 1. The molecule has 0 radical (unpaired) electrons. The maximum atomic E-state index is 2.43. The second-order valence-corrected chi connectivity index (χ2v) is 15.7. The quantitative estimate of drug-likeness (QED) is 0.126. The van der Waals surface area contributed by atoms with Crippen LogP contribution in [0.2, 0.25) is 0 Å². The van der Waals surface area contributed by atoms with Gasteiger partial charge in [0.1, 0.15) is 0 Å². The number of anilines is 3. The maximum absolute atomic E-state index is 2.43. The smallest absolute Gasteiger partial charge is 0.0540 e. The molecule has 0 heterocycles. The minimum atomic E-state index is 0.795. The van der Waals surface area contributed by atoms with Crippen LogP contribution in [0.15, 0.2) is 261 Å². The van der Waals surface area contributed by atoms with E-state index in [1.165, 1.54) is 77.9 Å². The number of rotatable bonds is 11. The monoisotopic (exact) mass is 791 g/mol. The Hall–Kier alpha value is -8.00. The summed E-state index contributed by atoms with van der Waals surface area (Å²) in [4.78, 5) is 2.43. The number of hydrogen-bond donors (Lipinski definition) is 0. The molecule has 0 fully saturated rings. The average molecular weight is 792 g/mol. The average Bonchev–Trinajstić information content (AvgIpc) is 3.36. The van der Waals surface area contributed by atoms with Gasteiger partial charge in [0.05, 0.1) is 5.69 Å². The van der Waals surface area contributed by atoms with E-state index >= 15 is 0 Å². The van der Waals surface area contributed by atoms with Gasteiger partial charge in [-0.05, 0) is 109 Å². The molecular formula is C61H45N. The van der Waals surface area contributed by atoms with E-state index < -0.39 is 0 Å². The molecule has 1 heteroatoms. The Morgan fingerprint density at radius 3 is 1.19 bits per heavy atom. The number of hydrogen-bond acceptors (Lipinski definition) is 1. The summed E-state index contributed by atoms with van der Waals surface area (Å²) in [6.07, 6.45) is 0.795. The zero-order valence-corrected chi connectivity index (χ0v) is 34.5. The van der Waals surface area contributed by atoms with Crippen LogP contribution >= 0.6 is 0 Å². The lowest BCUT2D eigenvalue weighted by Gasteiger charge is -2.29. The molecule has 0 bridgehead atoms. The number of benzene rings is 10. The van der Waals surface area contributed by atoms with Crippen LogP contribution in [-0.4, -0.2) is 0 Å². The highest BCUT2D eigenvalue weighted by molar-refractivity contribution is 5.92. The molecule has 0 N–H and O–H groups in total. The zero-order valence-electron chi connectivity index (χ0n) is 34.5. The molecule has 10 aromatic rings. The maximum Gasteiger partial charge on any atom is 0.0540 e. The molecule has 0 spiro atoms. The molecule has 10 rings (SSSR count).